The van der Waals surface area contributed by atoms with Crippen molar-refractivity contribution in [2.24, 2.45) is 0 Å². The van der Waals surface area contributed by atoms with Gasteiger partial charge >= 0.3 is 0 Å². The predicted octanol–water partition coefficient (Wildman–Crippen LogP) is 2.82. The Balaban J connectivity index is 2.10. The molecule has 0 saturated carbocycles. The first kappa shape index (κ1) is 15.4. The van der Waals surface area contributed by atoms with Crippen molar-refractivity contribution >= 4 is 21.7 Å². The van der Waals surface area contributed by atoms with Crippen molar-refractivity contribution in [1.29, 1.82) is 5.26 Å². The molecule has 6 heteroatoms. The van der Waals surface area contributed by atoms with E-state index in [4.69, 9.17) is 5.26 Å². The van der Waals surface area contributed by atoms with Crippen LogP contribution in [0, 0.1) is 11.3 Å². The van der Waals surface area contributed by atoms with E-state index < -0.39 is 5.60 Å². The first-order chi connectivity index (χ1) is 10.1. The van der Waals surface area contributed by atoms with Crippen molar-refractivity contribution in [3.8, 4) is 6.07 Å². The van der Waals surface area contributed by atoms with E-state index in [1.54, 1.807) is 12.1 Å². The summed E-state index contributed by atoms with van der Waals surface area (Å²) in [4.78, 5) is 0. The van der Waals surface area contributed by atoms with Crippen molar-refractivity contribution in [3.05, 3.63) is 52.1 Å². The predicted molar refractivity (Wildman–Crippen MR) is 83.6 cm³/mol. The Morgan fingerprint density at radius 2 is 1.95 bits per heavy atom. The fraction of sp³-hybridized carbons (Fsp3) is 0.267. The molecule has 0 aliphatic carbocycles. The van der Waals surface area contributed by atoms with Crippen LogP contribution in [0.2, 0.25) is 0 Å². The monoisotopic (exact) mass is 346 g/mol. The maximum atomic E-state index is 10.8. The molecule has 1 aromatic carbocycles. The Kier molecular flexibility index (Phi) is 4.89. The fourth-order valence-electron chi connectivity index (χ4n) is 1.91. The van der Waals surface area contributed by atoms with E-state index in [0.717, 1.165) is 10.0 Å². The number of aliphatic hydroxyl groups is 1. The van der Waals surface area contributed by atoms with E-state index >= 15 is 0 Å². The normalized spacial score (nSPS) is 13.2. The summed E-state index contributed by atoms with van der Waals surface area (Å²) in [6, 6.07) is 12.7. The molecular formula is C15H15BrN4O. The molecule has 1 aromatic heterocycles. The van der Waals surface area contributed by atoms with Crippen molar-refractivity contribution in [2.75, 3.05) is 11.9 Å². The lowest BCUT2D eigenvalue weighted by Crippen LogP contribution is -2.33. The molecule has 0 radical (unpaired) electrons. The van der Waals surface area contributed by atoms with E-state index in [1.807, 2.05) is 37.3 Å². The van der Waals surface area contributed by atoms with E-state index in [1.165, 1.54) is 0 Å². The highest BCUT2D eigenvalue weighted by Crippen LogP contribution is 2.26. The molecule has 21 heavy (non-hydrogen) atoms. The molecule has 2 rings (SSSR count). The van der Waals surface area contributed by atoms with Gasteiger partial charge in [-0.1, -0.05) is 35.0 Å². The minimum absolute atomic E-state index is 0.263. The van der Waals surface area contributed by atoms with Crippen LogP contribution >= 0.6 is 15.9 Å². The number of hydrogen-bond acceptors (Lipinski definition) is 5. The number of nitrogens with one attached hydrogen (secondary N) is 1. The summed E-state index contributed by atoms with van der Waals surface area (Å²) in [6.45, 7) is 2.24. The molecule has 0 amide bonds. The van der Waals surface area contributed by atoms with Gasteiger partial charge in [0.05, 0.1) is 0 Å². The molecule has 0 saturated heterocycles. The number of aromatic nitrogens is 2. The summed E-state index contributed by atoms with van der Waals surface area (Å²) < 4.78 is 0.968. The third kappa shape index (κ3) is 3.78. The first-order valence-electron chi connectivity index (χ1n) is 6.53. The minimum atomic E-state index is -0.990. The molecule has 2 N–H and O–H groups in total. The second kappa shape index (κ2) is 6.66. The van der Waals surface area contributed by atoms with Crippen molar-refractivity contribution in [1.82, 2.24) is 10.2 Å². The summed E-state index contributed by atoms with van der Waals surface area (Å²) in [7, 11) is 0. The zero-order valence-electron chi connectivity index (χ0n) is 11.5. The van der Waals surface area contributed by atoms with E-state index in [2.05, 4.69) is 31.4 Å². The molecule has 0 aliphatic heterocycles. The second-order valence-corrected chi connectivity index (χ2v) is 5.58. The fourth-order valence-corrected chi connectivity index (χ4v) is 2.18. The van der Waals surface area contributed by atoms with Gasteiger partial charge in [-0.3, -0.25) is 0 Å². The van der Waals surface area contributed by atoms with Crippen LogP contribution in [0.5, 0.6) is 0 Å². The summed E-state index contributed by atoms with van der Waals surface area (Å²) in [5.74, 6) is 0.526. The van der Waals surface area contributed by atoms with Crippen LogP contribution in [0.25, 0.3) is 0 Å². The van der Waals surface area contributed by atoms with Gasteiger partial charge in [0.15, 0.2) is 5.69 Å². The number of nitriles is 1. The van der Waals surface area contributed by atoms with Crippen LogP contribution in [0.3, 0.4) is 0 Å². The smallest absolute Gasteiger partial charge is 0.163 e. The molecule has 0 aliphatic rings. The standard InChI is InChI=1S/C15H15BrN4O/c1-2-15(21,11-3-5-12(16)6-4-11)10-18-14-8-7-13(9-17)19-20-14/h3-8,21H,2,10H2,1H3,(H,18,20). The number of rotatable bonds is 5. The van der Waals surface area contributed by atoms with E-state index in [9.17, 15) is 5.11 Å². The van der Waals surface area contributed by atoms with Crippen LogP contribution in [-0.4, -0.2) is 21.8 Å². The van der Waals surface area contributed by atoms with Gasteiger partial charge in [-0.25, -0.2) is 0 Å². The molecule has 1 unspecified atom stereocenters. The summed E-state index contributed by atoms with van der Waals surface area (Å²) in [5, 5.41) is 30.1. The topological polar surface area (TPSA) is 81.8 Å². The zero-order valence-corrected chi connectivity index (χ0v) is 13.1. The largest absolute Gasteiger partial charge is 0.383 e. The summed E-state index contributed by atoms with van der Waals surface area (Å²) in [5.41, 5.74) is 0.109. The highest BCUT2D eigenvalue weighted by Gasteiger charge is 2.27. The Bertz CT molecular complexity index is 636. The molecule has 5 nitrogen and oxygen atoms in total. The summed E-state index contributed by atoms with van der Waals surface area (Å²) in [6.07, 6.45) is 0.561. The van der Waals surface area contributed by atoms with Crippen molar-refractivity contribution in [2.45, 2.75) is 18.9 Å². The zero-order chi connectivity index (χ0) is 15.3. The van der Waals surface area contributed by atoms with E-state index in [-0.39, 0.29) is 5.69 Å². The van der Waals surface area contributed by atoms with Crippen LogP contribution in [-0.2, 0) is 5.60 Å². The average molecular weight is 347 g/mol. The van der Waals surface area contributed by atoms with Gasteiger partial charge in [0, 0.05) is 11.0 Å². The van der Waals surface area contributed by atoms with Gasteiger partial charge < -0.3 is 10.4 Å². The third-order valence-corrected chi connectivity index (χ3v) is 3.84. The number of benzene rings is 1. The molecule has 2 aromatic rings. The lowest BCUT2D eigenvalue weighted by molar-refractivity contribution is 0.0463. The Hall–Kier alpha value is -1.97. The number of halogens is 1. The number of anilines is 1. The Morgan fingerprint density at radius 1 is 1.24 bits per heavy atom. The maximum Gasteiger partial charge on any atom is 0.163 e. The molecule has 108 valence electrons. The molecular weight excluding hydrogens is 332 g/mol. The second-order valence-electron chi connectivity index (χ2n) is 4.66. The van der Waals surface area contributed by atoms with Gasteiger partial charge in [0.1, 0.15) is 17.5 Å². The first-order valence-corrected chi connectivity index (χ1v) is 7.33. The molecule has 0 fully saturated rings. The molecule has 1 heterocycles. The van der Waals surface area contributed by atoms with Gasteiger partial charge in [-0.15, -0.1) is 10.2 Å². The average Bonchev–Trinajstić information content (AvgIpc) is 2.53. The Labute approximate surface area is 131 Å². The van der Waals surface area contributed by atoms with Crippen molar-refractivity contribution < 1.29 is 5.11 Å². The van der Waals surface area contributed by atoms with Gasteiger partial charge in [0.25, 0.3) is 0 Å². The van der Waals surface area contributed by atoms with Gasteiger partial charge in [-0.2, -0.15) is 5.26 Å². The van der Waals surface area contributed by atoms with Gasteiger partial charge in [0.2, 0.25) is 0 Å². The van der Waals surface area contributed by atoms with Crippen LogP contribution in [0.4, 0.5) is 5.82 Å². The molecule has 1 atom stereocenters. The van der Waals surface area contributed by atoms with Crippen LogP contribution < -0.4 is 5.32 Å². The van der Waals surface area contributed by atoms with Gasteiger partial charge in [-0.05, 0) is 36.2 Å². The van der Waals surface area contributed by atoms with E-state index in [0.29, 0.717) is 18.8 Å². The molecule has 0 bridgehead atoms. The number of hydrogen-bond donors (Lipinski definition) is 2. The lowest BCUT2D eigenvalue weighted by Gasteiger charge is -2.28. The number of nitrogens with zero attached hydrogens (tertiary/aromatic N) is 3. The lowest BCUT2D eigenvalue weighted by atomic mass is 9.91. The van der Waals surface area contributed by atoms with Crippen LogP contribution in [0.15, 0.2) is 40.9 Å². The third-order valence-electron chi connectivity index (χ3n) is 3.31. The minimum Gasteiger partial charge on any atom is -0.383 e. The maximum absolute atomic E-state index is 10.8. The molecule has 0 spiro atoms. The highest BCUT2D eigenvalue weighted by molar-refractivity contribution is 9.10. The summed E-state index contributed by atoms with van der Waals surface area (Å²) >= 11 is 3.38. The Morgan fingerprint density at radius 3 is 2.48 bits per heavy atom. The van der Waals surface area contributed by atoms with Crippen LogP contribution in [0.1, 0.15) is 24.6 Å². The highest BCUT2D eigenvalue weighted by atomic mass is 79.9. The van der Waals surface area contributed by atoms with Crippen molar-refractivity contribution in [3.63, 3.8) is 0 Å². The SMILES string of the molecule is CCC(O)(CNc1ccc(C#N)nn1)c1ccc(Br)cc1. The quantitative estimate of drug-likeness (QED) is 0.869.